The van der Waals surface area contributed by atoms with E-state index in [0.29, 0.717) is 23.3 Å². The van der Waals surface area contributed by atoms with Gasteiger partial charge in [-0.15, -0.1) is 11.8 Å². The highest BCUT2D eigenvalue weighted by Crippen LogP contribution is 2.32. The summed E-state index contributed by atoms with van der Waals surface area (Å²) in [5.74, 6) is 2.19. The van der Waals surface area contributed by atoms with Gasteiger partial charge < -0.3 is 20.8 Å². The van der Waals surface area contributed by atoms with Gasteiger partial charge in [0.05, 0.1) is 28.9 Å². The number of hydrogen-bond donors (Lipinski definition) is 3. The fourth-order valence-electron chi connectivity index (χ4n) is 4.09. The molecule has 3 rings (SSSR count). The van der Waals surface area contributed by atoms with E-state index < -0.39 is 0 Å². The Morgan fingerprint density at radius 2 is 1.86 bits per heavy atom. The maximum Gasteiger partial charge on any atom is 0.234 e. The van der Waals surface area contributed by atoms with Gasteiger partial charge in [-0.1, -0.05) is 51.4 Å². The number of hydrogen-bond acceptors (Lipinski definition) is 9. The molecule has 206 valence electrons. The topological polar surface area (TPSA) is 126 Å². The number of unbranched alkanes of at least 4 members (excludes halogenated alkanes) is 4. The van der Waals surface area contributed by atoms with E-state index in [1.165, 1.54) is 17.8 Å². The van der Waals surface area contributed by atoms with Crippen molar-refractivity contribution in [3.8, 4) is 0 Å². The van der Waals surface area contributed by atoms with Crippen molar-refractivity contribution in [3.05, 3.63) is 24.0 Å². The van der Waals surface area contributed by atoms with Crippen LogP contribution in [-0.4, -0.2) is 59.4 Å². The van der Waals surface area contributed by atoms with Crippen LogP contribution in [0.3, 0.4) is 0 Å². The van der Waals surface area contributed by atoms with E-state index in [4.69, 9.17) is 10.2 Å². The first-order valence-corrected chi connectivity index (χ1v) is 15.1. The Morgan fingerprint density at radius 3 is 2.57 bits per heavy atom. The van der Waals surface area contributed by atoms with Crippen LogP contribution in [0.25, 0.3) is 0 Å². The monoisotopic (exact) mass is 550 g/mol. The molecule has 2 amide bonds. The normalized spacial score (nSPS) is 15.1. The van der Waals surface area contributed by atoms with E-state index in [1.54, 1.807) is 24.2 Å². The van der Waals surface area contributed by atoms with Gasteiger partial charge in [-0.25, -0.2) is 9.97 Å². The minimum atomic E-state index is -0.0648. The molecule has 1 fully saturated rings. The highest BCUT2D eigenvalue weighted by atomic mass is 32.2. The molecule has 0 spiro atoms. The maximum atomic E-state index is 12.8. The summed E-state index contributed by atoms with van der Waals surface area (Å²) < 4.78 is 6.85. The van der Waals surface area contributed by atoms with Crippen LogP contribution < -0.4 is 16.4 Å². The van der Waals surface area contributed by atoms with Crippen molar-refractivity contribution in [1.29, 1.82) is 0 Å². The Bertz CT molecular complexity index is 979. The number of likely N-dealkylation sites (tertiary alicyclic amines) is 1. The third-order valence-electron chi connectivity index (χ3n) is 6.37. The Hall–Kier alpha value is -1.95. The molecule has 0 aliphatic carbocycles. The molecule has 0 atom stereocenters. The minimum absolute atomic E-state index is 0.00663. The van der Waals surface area contributed by atoms with Crippen LogP contribution in [0.5, 0.6) is 0 Å². The van der Waals surface area contributed by atoms with E-state index in [1.807, 2.05) is 0 Å². The van der Waals surface area contributed by atoms with Gasteiger partial charge in [-0.2, -0.15) is 0 Å². The molecule has 11 heteroatoms. The number of amides is 2. The molecule has 37 heavy (non-hydrogen) atoms. The number of thioether (sulfide) groups is 1. The summed E-state index contributed by atoms with van der Waals surface area (Å²) in [6, 6.07) is 0. The van der Waals surface area contributed by atoms with Crippen LogP contribution in [0.15, 0.2) is 21.0 Å². The van der Waals surface area contributed by atoms with Crippen molar-refractivity contribution >= 4 is 40.0 Å². The second-order valence-corrected chi connectivity index (χ2v) is 12.9. The third kappa shape index (κ3) is 10.4. The molecule has 9 nitrogen and oxygen atoms in total. The van der Waals surface area contributed by atoms with Crippen molar-refractivity contribution < 1.29 is 14.0 Å². The summed E-state index contributed by atoms with van der Waals surface area (Å²) >= 11 is 3.06. The number of rotatable bonds is 14. The third-order valence-corrected chi connectivity index (χ3v) is 8.47. The number of carbonyl (C=O) groups excluding carboxylic acids is 2. The highest BCUT2D eigenvalue weighted by Gasteiger charge is 2.26. The molecule has 3 heterocycles. The van der Waals surface area contributed by atoms with Crippen molar-refractivity contribution in [1.82, 2.24) is 20.2 Å². The molecule has 2 aromatic rings. The summed E-state index contributed by atoms with van der Waals surface area (Å²) in [6.45, 7) is 9.66. The lowest BCUT2D eigenvalue weighted by atomic mass is 9.94. The van der Waals surface area contributed by atoms with Crippen LogP contribution in [-0.2, 0) is 20.8 Å². The molecule has 0 saturated carbocycles. The van der Waals surface area contributed by atoms with Gasteiger partial charge in [0.15, 0.2) is 5.13 Å². The van der Waals surface area contributed by atoms with E-state index >= 15 is 0 Å². The van der Waals surface area contributed by atoms with Crippen molar-refractivity contribution in [2.75, 3.05) is 38.0 Å². The quantitative estimate of drug-likeness (QED) is 0.233. The standard InChI is InChI=1S/C26H42N6O3S2/c1-26(2,3)20-15-29-22(35-20)18-36-23-16-30-25(37-23)31-24(34)19-9-13-32(14-10-19)17-21(33)28-12-8-6-4-5-7-11-27/h15-16,19H,4-14,17-18,27H2,1-3H3,(H,28,33)(H,30,31,34). The SMILES string of the molecule is CC(C)(C)c1cnc(CSc2cnc(NC(=O)C3CCN(CC(=O)NCCCCCCCN)CC3)s2)o1. The molecule has 0 radical (unpaired) electrons. The largest absolute Gasteiger partial charge is 0.444 e. The summed E-state index contributed by atoms with van der Waals surface area (Å²) in [7, 11) is 0. The van der Waals surface area contributed by atoms with Gasteiger partial charge in [0.25, 0.3) is 0 Å². The van der Waals surface area contributed by atoms with E-state index in [-0.39, 0.29) is 23.1 Å². The zero-order chi connectivity index (χ0) is 26.7. The predicted molar refractivity (Wildman–Crippen MR) is 150 cm³/mol. The first kappa shape index (κ1) is 29.6. The van der Waals surface area contributed by atoms with Gasteiger partial charge in [0.1, 0.15) is 5.76 Å². The Labute approximate surface area is 228 Å². The van der Waals surface area contributed by atoms with Crippen LogP contribution in [0.4, 0.5) is 5.13 Å². The van der Waals surface area contributed by atoms with E-state index in [2.05, 4.69) is 46.3 Å². The average Bonchev–Trinajstić information content (AvgIpc) is 3.52. The first-order chi connectivity index (χ1) is 17.7. The fourth-order valence-corrected chi connectivity index (χ4v) is 5.82. The Balaban J connectivity index is 1.31. The average molecular weight is 551 g/mol. The number of piperidine rings is 1. The predicted octanol–water partition coefficient (Wildman–Crippen LogP) is 4.40. The van der Waals surface area contributed by atoms with Gasteiger partial charge in [-0.3, -0.25) is 14.5 Å². The number of nitrogens with two attached hydrogens (primary N) is 1. The summed E-state index contributed by atoms with van der Waals surface area (Å²) in [4.78, 5) is 35.9. The highest BCUT2D eigenvalue weighted by molar-refractivity contribution is 8.00. The van der Waals surface area contributed by atoms with Gasteiger partial charge >= 0.3 is 0 Å². The smallest absolute Gasteiger partial charge is 0.234 e. The number of thiazole rings is 1. The lowest BCUT2D eigenvalue weighted by molar-refractivity contribution is -0.123. The van der Waals surface area contributed by atoms with Gasteiger partial charge in [-0.05, 0) is 45.3 Å². The van der Waals surface area contributed by atoms with Crippen LogP contribution in [0, 0.1) is 5.92 Å². The number of anilines is 1. The molecule has 1 saturated heterocycles. The minimum Gasteiger partial charge on any atom is -0.444 e. The van der Waals surface area contributed by atoms with E-state index in [0.717, 1.165) is 74.7 Å². The number of nitrogens with one attached hydrogen (secondary N) is 2. The second-order valence-electron chi connectivity index (χ2n) is 10.6. The molecule has 2 aromatic heterocycles. The number of oxazole rings is 1. The number of nitrogens with zero attached hydrogens (tertiary/aromatic N) is 3. The Kier molecular flexibility index (Phi) is 11.9. The number of aromatic nitrogens is 2. The lowest BCUT2D eigenvalue weighted by Gasteiger charge is -2.30. The molecular weight excluding hydrogens is 508 g/mol. The first-order valence-electron chi connectivity index (χ1n) is 13.3. The zero-order valence-corrected chi connectivity index (χ0v) is 24.0. The summed E-state index contributed by atoms with van der Waals surface area (Å²) in [5.41, 5.74) is 5.44. The fraction of sp³-hybridized carbons (Fsp3) is 0.692. The van der Waals surface area contributed by atoms with Gasteiger partial charge in [0, 0.05) is 17.9 Å². The Morgan fingerprint density at radius 1 is 1.14 bits per heavy atom. The molecule has 1 aliphatic rings. The summed E-state index contributed by atoms with van der Waals surface area (Å²) in [6.07, 6.45) is 10.6. The summed E-state index contributed by atoms with van der Waals surface area (Å²) in [5, 5.41) is 6.60. The molecular formula is C26H42N6O3S2. The zero-order valence-electron chi connectivity index (χ0n) is 22.4. The molecule has 0 bridgehead atoms. The lowest BCUT2D eigenvalue weighted by Crippen LogP contribution is -2.43. The van der Waals surface area contributed by atoms with E-state index in [9.17, 15) is 9.59 Å². The molecule has 1 aliphatic heterocycles. The molecule has 4 N–H and O–H groups in total. The van der Waals surface area contributed by atoms with Crippen LogP contribution >= 0.6 is 23.1 Å². The van der Waals surface area contributed by atoms with Crippen molar-refractivity contribution in [2.45, 2.75) is 81.1 Å². The van der Waals surface area contributed by atoms with Crippen molar-refractivity contribution in [2.24, 2.45) is 11.7 Å². The van der Waals surface area contributed by atoms with Crippen molar-refractivity contribution in [3.63, 3.8) is 0 Å². The molecule has 0 aromatic carbocycles. The second kappa shape index (κ2) is 14.8. The van der Waals surface area contributed by atoms with Crippen LogP contribution in [0.2, 0.25) is 0 Å². The van der Waals surface area contributed by atoms with Gasteiger partial charge in [0.2, 0.25) is 17.7 Å². The maximum absolute atomic E-state index is 12.8. The molecule has 0 unspecified atom stereocenters. The van der Waals surface area contributed by atoms with Crippen LogP contribution in [0.1, 0.15) is 77.4 Å². The number of carbonyl (C=O) groups is 2.